The van der Waals surface area contributed by atoms with Gasteiger partial charge in [-0.2, -0.15) is 0 Å². The number of halogens is 1. The fourth-order valence-corrected chi connectivity index (χ4v) is 2.72. The second kappa shape index (κ2) is 10.4. The van der Waals surface area contributed by atoms with Crippen molar-refractivity contribution >= 4 is 41.3 Å². The monoisotopic (exact) mass is 431 g/mol. The highest BCUT2D eigenvalue weighted by molar-refractivity contribution is 14.0. The predicted octanol–water partition coefficient (Wildman–Crippen LogP) is 3.28. The van der Waals surface area contributed by atoms with Crippen molar-refractivity contribution in [3.8, 4) is 5.75 Å². The van der Waals surface area contributed by atoms with Gasteiger partial charge in [0.15, 0.2) is 5.96 Å². The number of aliphatic imine (C=N–C) groups is 1. The van der Waals surface area contributed by atoms with Gasteiger partial charge in [-0.1, -0.05) is 24.3 Å². The molecule has 6 heteroatoms. The SMILES string of the molecule is CN=C(NCCc1cccs1)NCc1ccccc1OC.I. The number of methoxy groups -OCH3 is 1. The fourth-order valence-electron chi connectivity index (χ4n) is 2.01. The van der Waals surface area contributed by atoms with E-state index in [0.29, 0.717) is 6.54 Å². The van der Waals surface area contributed by atoms with Crippen LogP contribution in [0.4, 0.5) is 0 Å². The number of hydrogen-bond acceptors (Lipinski definition) is 3. The molecule has 0 bridgehead atoms. The van der Waals surface area contributed by atoms with Crippen molar-refractivity contribution in [3.05, 3.63) is 52.2 Å². The molecule has 0 unspecified atom stereocenters. The lowest BCUT2D eigenvalue weighted by Crippen LogP contribution is -2.37. The van der Waals surface area contributed by atoms with Crippen LogP contribution < -0.4 is 15.4 Å². The number of nitrogens with one attached hydrogen (secondary N) is 2. The van der Waals surface area contributed by atoms with Crippen LogP contribution in [0.25, 0.3) is 0 Å². The van der Waals surface area contributed by atoms with Crippen LogP contribution in [-0.2, 0) is 13.0 Å². The van der Waals surface area contributed by atoms with Crippen molar-refractivity contribution in [1.29, 1.82) is 0 Å². The summed E-state index contributed by atoms with van der Waals surface area (Å²) in [4.78, 5) is 5.61. The Labute approximate surface area is 153 Å². The standard InChI is InChI=1S/C16H21N3OS.HI/c1-17-16(18-10-9-14-7-5-11-21-14)19-12-13-6-3-4-8-15(13)20-2;/h3-8,11H,9-10,12H2,1-2H3,(H2,17,18,19);1H. The van der Waals surface area contributed by atoms with Gasteiger partial charge in [0, 0.05) is 30.6 Å². The van der Waals surface area contributed by atoms with Crippen molar-refractivity contribution in [2.75, 3.05) is 20.7 Å². The van der Waals surface area contributed by atoms with Crippen molar-refractivity contribution < 1.29 is 4.74 Å². The maximum atomic E-state index is 5.34. The molecule has 0 radical (unpaired) electrons. The largest absolute Gasteiger partial charge is 0.496 e. The minimum absolute atomic E-state index is 0. The highest BCUT2D eigenvalue weighted by atomic mass is 127. The molecule has 1 aromatic heterocycles. The Bertz CT molecular complexity index is 573. The van der Waals surface area contributed by atoms with E-state index in [1.165, 1.54) is 4.88 Å². The Morgan fingerprint density at radius 1 is 1.18 bits per heavy atom. The van der Waals surface area contributed by atoms with Crippen LogP contribution in [0.3, 0.4) is 0 Å². The summed E-state index contributed by atoms with van der Waals surface area (Å²) in [6.45, 7) is 1.55. The van der Waals surface area contributed by atoms with E-state index in [2.05, 4.69) is 33.1 Å². The molecule has 0 amide bonds. The lowest BCUT2D eigenvalue weighted by atomic mass is 10.2. The quantitative estimate of drug-likeness (QED) is 0.419. The second-order valence-corrected chi connectivity index (χ2v) is 5.53. The molecule has 0 saturated heterocycles. The summed E-state index contributed by atoms with van der Waals surface area (Å²) >= 11 is 1.78. The van der Waals surface area contributed by atoms with Gasteiger partial charge in [-0.3, -0.25) is 4.99 Å². The first-order valence-electron chi connectivity index (χ1n) is 6.92. The van der Waals surface area contributed by atoms with Gasteiger partial charge in [0.25, 0.3) is 0 Å². The molecule has 4 nitrogen and oxygen atoms in total. The van der Waals surface area contributed by atoms with Crippen LogP contribution >= 0.6 is 35.3 Å². The summed E-state index contributed by atoms with van der Waals surface area (Å²) in [5.41, 5.74) is 1.11. The van der Waals surface area contributed by atoms with E-state index in [1.807, 2.05) is 24.3 Å². The van der Waals surface area contributed by atoms with Crippen molar-refractivity contribution in [3.63, 3.8) is 0 Å². The summed E-state index contributed by atoms with van der Waals surface area (Å²) < 4.78 is 5.34. The van der Waals surface area contributed by atoms with Gasteiger partial charge in [0.1, 0.15) is 5.75 Å². The molecule has 22 heavy (non-hydrogen) atoms. The van der Waals surface area contributed by atoms with Gasteiger partial charge in [-0.05, 0) is 23.9 Å². The Morgan fingerprint density at radius 3 is 2.68 bits per heavy atom. The number of benzene rings is 1. The van der Waals surface area contributed by atoms with E-state index in [0.717, 1.165) is 30.2 Å². The average molecular weight is 431 g/mol. The first-order valence-corrected chi connectivity index (χ1v) is 7.80. The Morgan fingerprint density at radius 2 is 2.00 bits per heavy atom. The van der Waals surface area contributed by atoms with Crippen LogP contribution in [-0.4, -0.2) is 26.7 Å². The summed E-state index contributed by atoms with van der Waals surface area (Å²) in [6, 6.07) is 12.2. The van der Waals surface area contributed by atoms with Crippen LogP contribution in [0.15, 0.2) is 46.8 Å². The van der Waals surface area contributed by atoms with Crippen LogP contribution in [0.2, 0.25) is 0 Å². The molecule has 0 atom stereocenters. The zero-order valence-electron chi connectivity index (χ0n) is 12.8. The number of para-hydroxylation sites is 1. The highest BCUT2D eigenvalue weighted by Gasteiger charge is 2.03. The third-order valence-electron chi connectivity index (χ3n) is 3.11. The summed E-state index contributed by atoms with van der Waals surface area (Å²) in [7, 11) is 3.47. The van der Waals surface area contributed by atoms with E-state index in [1.54, 1.807) is 25.5 Å². The molecule has 2 N–H and O–H groups in total. The minimum atomic E-state index is 0. The van der Waals surface area contributed by atoms with Crippen LogP contribution in [0.1, 0.15) is 10.4 Å². The van der Waals surface area contributed by atoms with Crippen LogP contribution in [0, 0.1) is 0 Å². The first-order chi connectivity index (χ1) is 10.3. The number of ether oxygens (including phenoxy) is 1. The molecule has 0 aliphatic heterocycles. The Hall–Kier alpha value is -1.28. The molecule has 2 rings (SSSR count). The molecular formula is C16H22IN3OS. The minimum Gasteiger partial charge on any atom is -0.496 e. The first kappa shape index (κ1) is 18.8. The second-order valence-electron chi connectivity index (χ2n) is 4.49. The molecular weight excluding hydrogens is 409 g/mol. The number of thiophene rings is 1. The topological polar surface area (TPSA) is 45.7 Å². The van der Waals surface area contributed by atoms with Crippen LogP contribution in [0.5, 0.6) is 5.75 Å². The molecule has 0 spiro atoms. The van der Waals surface area contributed by atoms with Crippen molar-refractivity contribution in [1.82, 2.24) is 10.6 Å². The third-order valence-corrected chi connectivity index (χ3v) is 4.04. The van der Waals surface area contributed by atoms with Gasteiger partial charge in [-0.15, -0.1) is 35.3 Å². The number of hydrogen-bond donors (Lipinski definition) is 2. The molecule has 1 heterocycles. The van der Waals surface area contributed by atoms with Gasteiger partial charge >= 0.3 is 0 Å². The van der Waals surface area contributed by atoms with E-state index in [-0.39, 0.29) is 24.0 Å². The van der Waals surface area contributed by atoms with Gasteiger partial charge in [-0.25, -0.2) is 0 Å². The number of nitrogens with zero attached hydrogens (tertiary/aromatic N) is 1. The van der Waals surface area contributed by atoms with Gasteiger partial charge < -0.3 is 15.4 Å². The summed E-state index contributed by atoms with van der Waals surface area (Å²) in [5.74, 6) is 1.69. The zero-order valence-corrected chi connectivity index (χ0v) is 16.0. The molecule has 0 fully saturated rings. The lowest BCUT2D eigenvalue weighted by Gasteiger charge is -2.13. The molecule has 0 aliphatic rings. The molecule has 120 valence electrons. The van der Waals surface area contributed by atoms with E-state index in [4.69, 9.17) is 4.74 Å². The molecule has 0 aliphatic carbocycles. The maximum Gasteiger partial charge on any atom is 0.191 e. The fraction of sp³-hybridized carbons (Fsp3) is 0.312. The molecule has 1 aromatic carbocycles. The summed E-state index contributed by atoms with van der Waals surface area (Å²) in [5, 5.41) is 8.72. The number of guanidine groups is 1. The normalized spacial score (nSPS) is 10.7. The van der Waals surface area contributed by atoms with Gasteiger partial charge in [0.2, 0.25) is 0 Å². The predicted molar refractivity (Wildman–Crippen MR) is 105 cm³/mol. The van der Waals surface area contributed by atoms with E-state index >= 15 is 0 Å². The zero-order chi connectivity index (χ0) is 14.9. The number of rotatable bonds is 6. The van der Waals surface area contributed by atoms with E-state index < -0.39 is 0 Å². The Balaban J connectivity index is 0.00000242. The smallest absolute Gasteiger partial charge is 0.191 e. The Kier molecular flexibility index (Phi) is 8.91. The van der Waals surface area contributed by atoms with Gasteiger partial charge in [0.05, 0.1) is 7.11 Å². The van der Waals surface area contributed by atoms with E-state index in [9.17, 15) is 0 Å². The summed E-state index contributed by atoms with van der Waals surface area (Å²) in [6.07, 6.45) is 1.01. The third kappa shape index (κ3) is 5.84. The van der Waals surface area contributed by atoms with Crippen molar-refractivity contribution in [2.24, 2.45) is 4.99 Å². The lowest BCUT2D eigenvalue weighted by molar-refractivity contribution is 0.409. The molecule has 0 saturated carbocycles. The maximum absolute atomic E-state index is 5.34. The highest BCUT2D eigenvalue weighted by Crippen LogP contribution is 2.16. The molecule has 2 aromatic rings. The average Bonchev–Trinajstić information content (AvgIpc) is 3.04. The van der Waals surface area contributed by atoms with Crippen molar-refractivity contribution in [2.45, 2.75) is 13.0 Å².